The van der Waals surface area contributed by atoms with Crippen LogP contribution < -0.4 is 10.6 Å². The number of halogens is 1. The fourth-order valence-corrected chi connectivity index (χ4v) is 4.31. The Balaban J connectivity index is 1.61. The van der Waals surface area contributed by atoms with Gasteiger partial charge in [-0.3, -0.25) is 9.69 Å². The van der Waals surface area contributed by atoms with Gasteiger partial charge in [-0.1, -0.05) is 19.1 Å². The normalized spacial score (nSPS) is 28.6. The molecular formula is C16H22IN3O. The molecule has 3 rings (SSSR count). The molecule has 2 aliphatic rings. The number of anilines is 1. The number of nitrogens with one attached hydrogen (secondary N) is 2. The minimum atomic E-state index is 0.102. The fraction of sp³-hybridized carbons (Fsp3) is 0.562. The highest BCUT2D eigenvalue weighted by atomic mass is 127. The first-order chi connectivity index (χ1) is 10.2. The summed E-state index contributed by atoms with van der Waals surface area (Å²) in [5.41, 5.74) is 0.914. The van der Waals surface area contributed by atoms with Crippen molar-refractivity contribution in [3.63, 3.8) is 0 Å². The Morgan fingerprint density at radius 3 is 3.00 bits per heavy atom. The summed E-state index contributed by atoms with van der Waals surface area (Å²) in [6, 6.07) is 8.46. The third-order valence-corrected chi connectivity index (χ3v) is 5.68. The molecule has 1 amide bonds. The van der Waals surface area contributed by atoms with E-state index in [1.807, 2.05) is 24.3 Å². The lowest BCUT2D eigenvalue weighted by molar-refractivity contribution is -0.117. The Kier molecular flexibility index (Phi) is 4.81. The topological polar surface area (TPSA) is 44.4 Å². The largest absolute Gasteiger partial charge is 0.324 e. The van der Waals surface area contributed by atoms with Gasteiger partial charge in [-0.15, -0.1) is 0 Å². The zero-order valence-electron chi connectivity index (χ0n) is 12.3. The summed E-state index contributed by atoms with van der Waals surface area (Å²) in [5.74, 6) is 1.55. The van der Waals surface area contributed by atoms with Crippen molar-refractivity contribution < 1.29 is 4.79 Å². The van der Waals surface area contributed by atoms with E-state index in [4.69, 9.17) is 0 Å². The monoisotopic (exact) mass is 399 g/mol. The van der Waals surface area contributed by atoms with E-state index in [1.54, 1.807) is 0 Å². The van der Waals surface area contributed by atoms with Gasteiger partial charge in [0.05, 0.1) is 12.2 Å². The second-order valence-electron chi connectivity index (χ2n) is 6.02. The molecule has 3 unspecified atom stereocenters. The van der Waals surface area contributed by atoms with Crippen molar-refractivity contribution >= 4 is 34.2 Å². The number of nitrogens with zero attached hydrogens (tertiary/aromatic N) is 1. The average molecular weight is 399 g/mol. The Hall–Kier alpha value is -0.660. The molecular weight excluding hydrogens is 377 g/mol. The van der Waals surface area contributed by atoms with E-state index in [0.717, 1.165) is 47.1 Å². The van der Waals surface area contributed by atoms with Crippen LogP contribution in [0.1, 0.15) is 13.3 Å². The second kappa shape index (κ2) is 6.62. The zero-order chi connectivity index (χ0) is 14.8. The van der Waals surface area contributed by atoms with Gasteiger partial charge in [-0.25, -0.2) is 0 Å². The Labute approximate surface area is 139 Å². The molecule has 2 fully saturated rings. The molecule has 114 valence electrons. The van der Waals surface area contributed by atoms with Crippen LogP contribution in [0.4, 0.5) is 5.69 Å². The number of para-hydroxylation sites is 1. The quantitative estimate of drug-likeness (QED) is 0.763. The number of benzene rings is 1. The molecule has 2 aliphatic heterocycles. The third-order valence-electron chi connectivity index (χ3n) is 4.74. The average Bonchev–Trinajstić information content (AvgIpc) is 3.01. The lowest BCUT2D eigenvalue weighted by Crippen LogP contribution is -2.40. The number of carbonyl (C=O) groups is 1. The van der Waals surface area contributed by atoms with Gasteiger partial charge in [0.25, 0.3) is 0 Å². The Bertz CT molecular complexity index is 522. The maximum Gasteiger partial charge on any atom is 0.238 e. The van der Waals surface area contributed by atoms with Gasteiger partial charge in [0.15, 0.2) is 0 Å². The number of hydrogen-bond donors (Lipinski definition) is 2. The first kappa shape index (κ1) is 15.2. The number of hydrogen-bond acceptors (Lipinski definition) is 3. The van der Waals surface area contributed by atoms with Crippen LogP contribution in [0.2, 0.25) is 0 Å². The van der Waals surface area contributed by atoms with Crippen LogP contribution in [0.15, 0.2) is 24.3 Å². The van der Waals surface area contributed by atoms with Crippen molar-refractivity contribution in [2.45, 2.75) is 19.4 Å². The third kappa shape index (κ3) is 3.24. The molecule has 5 heteroatoms. The van der Waals surface area contributed by atoms with Gasteiger partial charge in [-0.05, 0) is 66.1 Å². The van der Waals surface area contributed by atoms with Crippen molar-refractivity contribution in [1.82, 2.24) is 10.2 Å². The molecule has 1 aromatic carbocycles. The molecule has 0 saturated carbocycles. The van der Waals surface area contributed by atoms with Gasteiger partial charge >= 0.3 is 0 Å². The first-order valence-corrected chi connectivity index (χ1v) is 8.76. The highest BCUT2D eigenvalue weighted by Crippen LogP contribution is 2.33. The van der Waals surface area contributed by atoms with Crippen LogP contribution in [0.3, 0.4) is 0 Å². The van der Waals surface area contributed by atoms with Crippen LogP contribution in [-0.4, -0.2) is 43.0 Å². The molecule has 2 saturated heterocycles. The summed E-state index contributed by atoms with van der Waals surface area (Å²) in [4.78, 5) is 14.7. The summed E-state index contributed by atoms with van der Waals surface area (Å²) in [6.07, 6.45) is 1.12. The lowest BCUT2D eigenvalue weighted by atomic mass is 9.93. The van der Waals surface area contributed by atoms with Gasteiger partial charge in [-0.2, -0.15) is 0 Å². The van der Waals surface area contributed by atoms with Gasteiger partial charge in [0.2, 0.25) is 5.91 Å². The second-order valence-corrected chi connectivity index (χ2v) is 7.18. The van der Waals surface area contributed by atoms with Crippen molar-refractivity contribution in [3.05, 3.63) is 27.8 Å². The van der Waals surface area contributed by atoms with E-state index in [9.17, 15) is 4.79 Å². The van der Waals surface area contributed by atoms with Gasteiger partial charge in [0, 0.05) is 16.2 Å². The number of fused-ring (bicyclic) bond motifs is 1. The smallest absolute Gasteiger partial charge is 0.238 e. The maximum atomic E-state index is 12.3. The summed E-state index contributed by atoms with van der Waals surface area (Å²) >= 11 is 2.25. The molecule has 2 heterocycles. The first-order valence-electron chi connectivity index (χ1n) is 7.68. The Morgan fingerprint density at radius 1 is 1.43 bits per heavy atom. The van der Waals surface area contributed by atoms with Crippen LogP contribution in [-0.2, 0) is 4.79 Å². The predicted octanol–water partition coefficient (Wildman–Crippen LogP) is 2.16. The van der Waals surface area contributed by atoms with Gasteiger partial charge < -0.3 is 10.6 Å². The molecule has 2 N–H and O–H groups in total. The number of likely N-dealkylation sites (tertiary alicyclic amines) is 1. The minimum absolute atomic E-state index is 0.102. The standard InChI is InChI=1S/C16H22IN3O/c1-2-15-12-8-18-7-11(12)9-20(15)10-16(21)19-14-6-4-3-5-13(14)17/h3-6,11-12,15,18H,2,7-10H2,1H3,(H,19,21). The maximum absolute atomic E-state index is 12.3. The lowest BCUT2D eigenvalue weighted by Gasteiger charge is -2.26. The number of rotatable bonds is 4. The van der Waals surface area contributed by atoms with Crippen LogP contribution in [0.25, 0.3) is 0 Å². The van der Waals surface area contributed by atoms with E-state index in [1.165, 1.54) is 0 Å². The van der Waals surface area contributed by atoms with E-state index < -0.39 is 0 Å². The summed E-state index contributed by atoms with van der Waals surface area (Å²) in [6.45, 7) is 6.01. The molecule has 0 spiro atoms. The molecule has 0 radical (unpaired) electrons. The van der Waals surface area contributed by atoms with Crippen LogP contribution in [0, 0.1) is 15.4 Å². The minimum Gasteiger partial charge on any atom is -0.324 e. The summed E-state index contributed by atoms with van der Waals surface area (Å²) < 4.78 is 1.08. The van der Waals surface area contributed by atoms with Crippen LogP contribution in [0.5, 0.6) is 0 Å². The predicted molar refractivity (Wildman–Crippen MR) is 93.3 cm³/mol. The van der Waals surface area contributed by atoms with E-state index >= 15 is 0 Å². The molecule has 0 aromatic heterocycles. The van der Waals surface area contributed by atoms with Crippen molar-refractivity contribution in [3.8, 4) is 0 Å². The van der Waals surface area contributed by atoms with Crippen molar-refractivity contribution in [2.75, 3.05) is 31.5 Å². The van der Waals surface area contributed by atoms with E-state index in [-0.39, 0.29) is 5.91 Å². The highest BCUT2D eigenvalue weighted by molar-refractivity contribution is 14.1. The SMILES string of the molecule is CCC1C2CNCC2CN1CC(=O)Nc1ccccc1I. The number of amides is 1. The molecule has 0 aliphatic carbocycles. The van der Waals surface area contributed by atoms with Gasteiger partial charge in [0.1, 0.15) is 0 Å². The van der Waals surface area contributed by atoms with Crippen molar-refractivity contribution in [2.24, 2.45) is 11.8 Å². The highest BCUT2D eigenvalue weighted by Gasteiger charge is 2.43. The summed E-state index contributed by atoms with van der Waals surface area (Å²) in [5, 5.41) is 6.53. The van der Waals surface area contributed by atoms with Crippen molar-refractivity contribution in [1.29, 1.82) is 0 Å². The Morgan fingerprint density at radius 2 is 2.24 bits per heavy atom. The number of carbonyl (C=O) groups excluding carboxylic acids is 1. The fourth-order valence-electron chi connectivity index (χ4n) is 3.79. The van der Waals surface area contributed by atoms with Crippen LogP contribution >= 0.6 is 22.6 Å². The molecule has 0 bridgehead atoms. The molecule has 1 aromatic rings. The molecule has 4 nitrogen and oxygen atoms in total. The molecule has 21 heavy (non-hydrogen) atoms. The zero-order valence-corrected chi connectivity index (χ0v) is 14.5. The van der Waals surface area contributed by atoms with E-state index in [0.29, 0.717) is 12.6 Å². The summed E-state index contributed by atoms with van der Waals surface area (Å²) in [7, 11) is 0. The molecule has 3 atom stereocenters. The van der Waals surface area contributed by atoms with E-state index in [2.05, 4.69) is 45.0 Å².